The molecule has 134 valence electrons. The van der Waals surface area contributed by atoms with E-state index < -0.39 is 0 Å². The Labute approximate surface area is 151 Å². The maximum atomic E-state index is 12.2. The third-order valence-electron chi connectivity index (χ3n) is 3.89. The zero-order valence-electron chi connectivity index (χ0n) is 15.0. The number of hydrogen-bond donors (Lipinski definition) is 0. The van der Waals surface area contributed by atoms with Crippen molar-refractivity contribution in [3.8, 4) is 5.75 Å². The van der Waals surface area contributed by atoms with Crippen molar-refractivity contribution < 1.29 is 18.8 Å². The summed E-state index contributed by atoms with van der Waals surface area (Å²) in [5, 5.41) is 3.76. The first-order valence-corrected chi connectivity index (χ1v) is 8.26. The Morgan fingerprint density at radius 3 is 2.50 bits per heavy atom. The van der Waals surface area contributed by atoms with Crippen molar-refractivity contribution in [3.63, 3.8) is 0 Å². The van der Waals surface area contributed by atoms with Crippen LogP contribution in [0, 0.1) is 20.8 Å². The average molecular weight is 352 g/mol. The number of rotatable bonds is 6. The van der Waals surface area contributed by atoms with Crippen molar-refractivity contribution in [1.82, 2.24) is 10.1 Å². The number of aryl methyl sites for hydroxylation is 3. The summed E-state index contributed by atoms with van der Waals surface area (Å²) in [4.78, 5) is 16.3. The Bertz CT molecular complexity index is 900. The quantitative estimate of drug-likeness (QED) is 0.626. The van der Waals surface area contributed by atoms with Gasteiger partial charge in [0.2, 0.25) is 11.7 Å². The number of carbonyl (C=O) groups excluding carboxylic acids is 1. The fourth-order valence-corrected chi connectivity index (χ4v) is 2.42. The predicted molar refractivity (Wildman–Crippen MR) is 94.8 cm³/mol. The molecule has 6 nitrogen and oxygen atoms in total. The molecule has 0 fully saturated rings. The van der Waals surface area contributed by atoms with Crippen LogP contribution in [0.25, 0.3) is 0 Å². The summed E-state index contributed by atoms with van der Waals surface area (Å²) in [5.74, 6) is 1.20. The third kappa shape index (κ3) is 4.47. The van der Waals surface area contributed by atoms with E-state index >= 15 is 0 Å². The van der Waals surface area contributed by atoms with Gasteiger partial charge in [0.15, 0.2) is 6.61 Å². The molecule has 0 saturated heterocycles. The summed E-state index contributed by atoms with van der Waals surface area (Å²) in [5.41, 5.74) is 3.72. The van der Waals surface area contributed by atoms with Gasteiger partial charge < -0.3 is 14.0 Å². The molecule has 0 N–H and O–H groups in total. The fourth-order valence-electron chi connectivity index (χ4n) is 2.42. The van der Waals surface area contributed by atoms with Gasteiger partial charge in [-0.25, -0.2) is 4.79 Å². The van der Waals surface area contributed by atoms with E-state index in [1.807, 2.05) is 32.0 Å². The average Bonchev–Trinajstić information content (AvgIpc) is 3.06. The lowest BCUT2D eigenvalue weighted by Gasteiger charge is -2.09. The van der Waals surface area contributed by atoms with Crippen molar-refractivity contribution in [1.29, 1.82) is 0 Å². The van der Waals surface area contributed by atoms with Gasteiger partial charge in [-0.3, -0.25) is 0 Å². The first-order valence-electron chi connectivity index (χ1n) is 8.26. The molecule has 2 aromatic carbocycles. The van der Waals surface area contributed by atoms with Crippen LogP contribution in [0.15, 0.2) is 47.0 Å². The molecule has 0 bridgehead atoms. The molecule has 3 rings (SSSR count). The smallest absolute Gasteiger partial charge is 0.338 e. The highest BCUT2D eigenvalue weighted by Gasteiger charge is 2.09. The van der Waals surface area contributed by atoms with E-state index in [0.29, 0.717) is 23.0 Å². The van der Waals surface area contributed by atoms with Gasteiger partial charge in [0.05, 0.1) is 5.56 Å². The van der Waals surface area contributed by atoms with Gasteiger partial charge in [-0.05, 0) is 49.2 Å². The van der Waals surface area contributed by atoms with Crippen LogP contribution in [0.4, 0.5) is 0 Å². The van der Waals surface area contributed by atoms with Gasteiger partial charge in [-0.1, -0.05) is 28.9 Å². The van der Waals surface area contributed by atoms with Crippen LogP contribution < -0.4 is 4.74 Å². The molecule has 3 aromatic rings. The van der Waals surface area contributed by atoms with Crippen molar-refractivity contribution in [2.24, 2.45) is 0 Å². The Balaban J connectivity index is 1.55. The molecule has 1 aromatic heterocycles. The minimum absolute atomic E-state index is 0.202. The largest absolute Gasteiger partial charge is 0.485 e. The summed E-state index contributed by atoms with van der Waals surface area (Å²) in [6, 6.07) is 12.8. The SMILES string of the molecule is Cc1ccc(C)c(COC(=O)c2ccc(OCc3noc(C)n3)cc2)c1. The maximum absolute atomic E-state index is 12.2. The third-order valence-corrected chi connectivity index (χ3v) is 3.89. The second kappa shape index (κ2) is 7.82. The number of aromatic nitrogens is 2. The molecule has 0 aliphatic carbocycles. The second-order valence-corrected chi connectivity index (χ2v) is 6.05. The molecule has 0 saturated carbocycles. The monoisotopic (exact) mass is 352 g/mol. The summed E-state index contributed by atoms with van der Waals surface area (Å²) >= 11 is 0. The van der Waals surface area contributed by atoms with Gasteiger partial charge in [-0.2, -0.15) is 4.98 Å². The number of esters is 1. The van der Waals surface area contributed by atoms with E-state index in [-0.39, 0.29) is 19.2 Å². The predicted octanol–water partition coefficient (Wildman–Crippen LogP) is 3.93. The topological polar surface area (TPSA) is 74.5 Å². The van der Waals surface area contributed by atoms with E-state index in [0.717, 1.165) is 16.7 Å². The lowest BCUT2D eigenvalue weighted by molar-refractivity contribution is 0.0472. The molecule has 0 aliphatic heterocycles. The molecule has 0 amide bonds. The number of hydrogen-bond acceptors (Lipinski definition) is 6. The van der Waals surface area contributed by atoms with Crippen molar-refractivity contribution >= 4 is 5.97 Å². The molecule has 0 aliphatic rings. The molecule has 0 radical (unpaired) electrons. The lowest BCUT2D eigenvalue weighted by atomic mass is 10.1. The number of nitrogens with zero attached hydrogens (tertiary/aromatic N) is 2. The van der Waals surface area contributed by atoms with Crippen LogP contribution in [0.5, 0.6) is 5.75 Å². The molecule has 0 atom stereocenters. The molecule has 0 spiro atoms. The van der Waals surface area contributed by atoms with Gasteiger partial charge in [-0.15, -0.1) is 0 Å². The Kier molecular flexibility index (Phi) is 5.31. The number of carbonyl (C=O) groups is 1. The van der Waals surface area contributed by atoms with Crippen LogP contribution >= 0.6 is 0 Å². The zero-order chi connectivity index (χ0) is 18.5. The highest BCUT2D eigenvalue weighted by atomic mass is 16.5. The zero-order valence-corrected chi connectivity index (χ0v) is 15.0. The Morgan fingerprint density at radius 2 is 1.81 bits per heavy atom. The molecule has 6 heteroatoms. The van der Waals surface area contributed by atoms with Crippen molar-refractivity contribution in [2.45, 2.75) is 34.0 Å². The van der Waals surface area contributed by atoms with Crippen molar-refractivity contribution in [2.75, 3.05) is 0 Å². The van der Waals surface area contributed by atoms with E-state index in [1.165, 1.54) is 0 Å². The van der Waals surface area contributed by atoms with Gasteiger partial charge in [0.25, 0.3) is 0 Å². The van der Waals surface area contributed by atoms with Crippen molar-refractivity contribution in [3.05, 3.63) is 76.4 Å². The van der Waals surface area contributed by atoms with Crippen LogP contribution in [0.2, 0.25) is 0 Å². The van der Waals surface area contributed by atoms with Gasteiger partial charge in [0.1, 0.15) is 12.4 Å². The van der Waals surface area contributed by atoms with Gasteiger partial charge >= 0.3 is 5.97 Å². The molecule has 26 heavy (non-hydrogen) atoms. The lowest BCUT2D eigenvalue weighted by Crippen LogP contribution is -2.06. The van der Waals surface area contributed by atoms with E-state index in [4.69, 9.17) is 14.0 Å². The summed E-state index contributed by atoms with van der Waals surface area (Å²) in [7, 11) is 0. The number of benzene rings is 2. The Morgan fingerprint density at radius 1 is 1.04 bits per heavy atom. The van der Waals surface area contributed by atoms with E-state index in [2.05, 4.69) is 10.1 Å². The van der Waals surface area contributed by atoms with Crippen LogP contribution in [0.1, 0.15) is 38.8 Å². The normalized spacial score (nSPS) is 10.6. The molecule has 1 heterocycles. The Hall–Kier alpha value is -3.15. The maximum Gasteiger partial charge on any atom is 0.338 e. The summed E-state index contributed by atoms with van der Waals surface area (Å²) < 4.78 is 15.9. The summed E-state index contributed by atoms with van der Waals surface area (Å²) in [6.45, 7) is 6.18. The van der Waals surface area contributed by atoms with Crippen LogP contribution in [-0.4, -0.2) is 16.1 Å². The minimum atomic E-state index is -0.369. The molecule has 0 unspecified atom stereocenters. The number of ether oxygens (including phenoxy) is 2. The molecular formula is C20H20N2O4. The van der Waals surface area contributed by atoms with Gasteiger partial charge in [0, 0.05) is 6.92 Å². The minimum Gasteiger partial charge on any atom is -0.485 e. The standard InChI is InChI=1S/C20H20N2O4/c1-13-4-5-14(2)17(10-13)11-25-20(23)16-6-8-18(9-7-16)24-12-19-21-15(3)26-22-19/h4-10H,11-12H2,1-3H3. The second-order valence-electron chi connectivity index (χ2n) is 6.05. The van der Waals surface area contributed by atoms with Crippen LogP contribution in [0.3, 0.4) is 0 Å². The summed E-state index contributed by atoms with van der Waals surface area (Å²) in [6.07, 6.45) is 0. The highest BCUT2D eigenvalue weighted by Crippen LogP contribution is 2.16. The highest BCUT2D eigenvalue weighted by molar-refractivity contribution is 5.89. The van der Waals surface area contributed by atoms with E-state index in [9.17, 15) is 4.79 Å². The van der Waals surface area contributed by atoms with Crippen LogP contribution in [-0.2, 0) is 18.0 Å². The molecular weight excluding hydrogens is 332 g/mol. The fraction of sp³-hybridized carbons (Fsp3) is 0.250. The first-order chi connectivity index (χ1) is 12.5. The van der Waals surface area contributed by atoms with E-state index in [1.54, 1.807) is 31.2 Å². The first kappa shape index (κ1) is 17.7.